The SMILES string of the molecule is C=C(F)c1ccc(N2CCNC(c3ccc(F)cc3)C2)nc1C(=O)c1cccnc1N. The standard InChI is InChI=1S/C23H21F2N5O/c1-14(24)17-8-9-20(29-21(17)22(31)18-3-2-10-28-23(18)26)30-12-11-27-19(13-30)15-4-6-16(25)7-5-15/h2-10,19,27H,1,11-13H2,(H2,26,28). The second kappa shape index (κ2) is 8.61. The number of piperazine rings is 1. The molecule has 3 N–H and O–H groups in total. The number of ketones is 1. The Hall–Kier alpha value is -3.65. The molecule has 0 bridgehead atoms. The lowest BCUT2D eigenvalue weighted by Crippen LogP contribution is -2.46. The highest BCUT2D eigenvalue weighted by Gasteiger charge is 2.25. The van der Waals surface area contributed by atoms with E-state index in [9.17, 15) is 13.6 Å². The molecule has 1 saturated heterocycles. The Bertz CT molecular complexity index is 1130. The summed E-state index contributed by atoms with van der Waals surface area (Å²) in [5.41, 5.74) is 6.88. The van der Waals surface area contributed by atoms with Crippen molar-refractivity contribution in [2.45, 2.75) is 6.04 Å². The van der Waals surface area contributed by atoms with Crippen LogP contribution in [0, 0.1) is 5.82 Å². The molecule has 6 nitrogen and oxygen atoms in total. The molecule has 1 unspecified atom stereocenters. The number of pyridine rings is 2. The summed E-state index contributed by atoms with van der Waals surface area (Å²) in [6, 6.07) is 12.5. The van der Waals surface area contributed by atoms with Crippen molar-refractivity contribution >= 4 is 23.2 Å². The number of nitrogen functional groups attached to an aromatic ring is 1. The van der Waals surface area contributed by atoms with Gasteiger partial charge < -0.3 is 16.0 Å². The van der Waals surface area contributed by atoms with Crippen molar-refractivity contribution in [2.75, 3.05) is 30.3 Å². The fourth-order valence-electron chi connectivity index (χ4n) is 3.63. The van der Waals surface area contributed by atoms with Crippen LogP contribution in [0.25, 0.3) is 5.83 Å². The number of halogens is 2. The number of benzene rings is 1. The minimum Gasteiger partial charge on any atom is -0.383 e. The molecule has 1 aliphatic rings. The Kier molecular flexibility index (Phi) is 5.73. The van der Waals surface area contributed by atoms with E-state index in [0.29, 0.717) is 25.5 Å². The highest BCUT2D eigenvalue weighted by Crippen LogP contribution is 2.27. The summed E-state index contributed by atoms with van der Waals surface area (Å²) in [5.74, 6) is -0.989. The van der Waals surface area contributed by atoms with E-state index in [0.717, 1.165) is 5.56 Å². The van der Waals surface area contributed by atoms with Gasteiger partial charge in [0, 0.05) is 37.4 Å². The molecule has 0 spiro atoms. The Morgan fingerprint density at radius 2 is 1.94 bits per heavy atom. The van der Waals surface area contributed by atoms with E-state index in [1.165, 1.54) is 30.5 Å². The van der Waals surface area contributed by atoms with Crippen LogP contribution in [0.2, 0.25) is 0 Å². The van der Waals surface area contributed by atoms with Crippen LogP contribution in [0.4, 0.5) is 20.4 Å². The molecule has 3 aromatic rings. The first-order valence-electron chi connectivity index (χ1n) is 9.79. The minimum absolute atomic E-state index is 0.0159. The minimum atomic E-state index is -0.755. The molecule has 2 aromatic heterocycles. The summed E-state index contributed by atoms with van der Waals surface area (Å²) in [4.78, 5) is 23.5. The van der Waals surface area contributed by atoms with E-state index in [1.54, 1.807) is 24.3 Å². The Balaban J connectivity index is 1.67. The van der Waals surface area contributed by atoms with E-state index in [-0.39, 0.29) is 34.5 Å². The van der Waals surface area contributed by atoms with Gasteiger partial charge in [-0.2, -0.15) is 0 Å². The molecular weight excluding hydrogens is 400 g/mol. The van der Waals surface area contributed by atoms with Crippen LogP contribution in [-0.2, 0) is 0 Å². The van der Waals surface area contributed by atoms with Gasteiger partial charge in [-0.1, -0.05) is 18.7 Å². The number of aromatic nitrogens is 2. The molecule has 3 heterocycles. The van der Waals surface area contributed by atoms with E-state index in [2.05, 4.69) is 21.9 Å². The Morgan fingerprint density at radius 3 is 2.65 bits per heavy atom. The van der Waals surface area contributed by atoms with Gasteiger partial charge in [0.15, 0.2) is 0 Å². The molecule has 158 valence electrons. The number of nitrogens with two attached hydrogens (primary N) is 1. The first kappa shape index (κ1) is 20.6. The number of anilines is 2. The van der Waals surface area contributed by atoms with Crippen LogP contribution >= 0.6 is 0 Å². The molecule has 0 saturated carbocycles. The van der Waals surface area contributed by atoms with Crippen LogP contribution in [0.3, 0.4) is 0 Å². The molecule has 1 aromatic carbocycles. The Labute approximate surface area is 178 Å². The van der Waals surface area contributed by atoms with E-state index in [4.69, 9.17) is 5.73 Å². The van der Waals surface area contributed by atoms with E-state index in [1.807, 2.05) is 4.90 Å². The van der Waals surface area contributed by atoms with Gasteiger partial charge in [0.05, 0.1) is 5.56 Å². The molecule has 0 radical (unpaired) electrons. The normalized spacial score (nSPS) is 16.2. The van der Waals surface area contributed by atoms with Crippen LogP contribution in [0.1, 0.15) is 33.2 Å². The smallest absolute Gasteiger partial charge is 0.215 e. The lowest BCUT2D eigenvalue weighted by molar-refractivity contribution is 0.103. The first-order chi connectivity index (χ1) is 14.9. The molecular formula is C23H21F2N5O. The van der Waals surface area contributed by atoms with E-state index >= 15 is 0 Å². The van der Waals surface area contributed by atoms with Crippen molar-refractivity contribution in [1.82, 2.24) is 15.3 Å². The fraction of sp³-hybridized carbons (Fsp3) is 0.174. The number of rotatable bonds is 5. The number of hydrogen-bond acceptors (Lipinski definition) is 6. The van der Waals surface area contributed by atoms with Crippen LogP contribution in [-0.4, -0.2) is 35.4 Å². The molecule has 0 amide bonds. The third-order valence-corrected chi connectivity index (χ3v) is 5.24. The zero-order chi connectivity index (χ0) is 22.0. The highest BCUT2D eigenvalue weighted by molar-refractivity contribution is 6.12. The summed E-state index contributed by atoms with van der Waals surface area (Å²) < 4.78 is 27.3. The largest absolute Gasteiger partial charge is 0.383 e. The summed E-state index contributed by atoms with van der Waals surface area (Å²) in [6.07, 6.45) is 1.47. The third-order valence-electron chi connectivity index (χ3n) is 5.24. The van der Waals surface area contributed by atoms with Gasteiger partial charge in [-0.15, -0.1) is 0 Å². The average molecular weight is 421 g/mol. The van der Waals surface area contributed by atoms with Gasteiger partial charge in [-0.05, 0) is 42.0 Å². The summed E-state index contributed by atoms with van der Waals surface area (Å²) >= 11 is 0. The molecule has 1 aliphatic heterocycles. The van der Waals surface area contributed by atoms with Gasteiger partial charge >= 0.3 is 0 Å². The molecule has 1 atom stereocenters. The average Bonchev–Trinajstić information content (AvgIpc) is 2.79. The molecule has 8 heteroatoms. The van der Waals surface area contributed by atoms with E-state index < -0.39 is 11.6 Å². The Morgan fingerprint density at radius 1 is 1.16 bits per heavy atom. The van der Waals surface area contributed by atoms with Gasteiger partial charge in [0.1, 0.15) is 29.0 Å². The first-order valence-corrected chi connectivity index (χ1v) is 9.79. The zero-order valence-corrected chi connectivity index (χ0v) is 16.7. The van der Waals surface area contributed by atoms with Gasteiger partial charge in [-0.25, -0.2) is 18.7 Å². The van der Waals surface area contributed by atoms with Gasteiger partial charge in [-0.3, -0.25) is 4.79 Å². The topological polar surface area (TPSA) is 84.1 Å². The quantitative estimate of drug-likeness (QED) is 0.614. The summed E-state index contributed by atoms with van der Waals surface area (Å²) in [5, 5.41) is 3.40. The van der Waals surface area contributed by atoms with Crippen molar-refractivity contribution in [3.63, 3.8) is 0 Å². The number of carbonyl (C=O) groups excluding carboxylic acids is 1. The predicted octanol–water partition coefficient (Wildman–Crippen LogP) is 3.52. The van der Waals surface area contributed by atoms with Crippen molar-refractivity contribution in [3.8, 4) is 0 Å². The zero-order valence-electron chi connectivity index (χ0n) is 16.7. The summed E-state index contributed by atoms with van der Waals surface area (Å²) in [6.45, 7) is 5.19. The predicted molar refractivity (Wildman–Crippen MR) is 116 cm³/mol. The second-order valence-corrected chi connectivity index (χ2v) is 7.24. The maximum absolute atomic E-state index is 14.1. The van der Waals surface area contributed by atoms with Gasteiger partial charge in [0.25, 0.3) is 0 Å². The lowest BCUT2D eigenvalue weighted by atomic mass is 10.0. The second-order valence-electron chi connectivity index (χ2n) is 7.24. The monoisotopic (exact) mass is 421 g/mol. The number of carbonyl (C=O) groups is 1. The van der Waals surface area contributed by atoms with Crippen molar-refractivity contribution in [2.24, 2.45) is 0 Å². The molecule has 4 rings (SSSR count). The number of nitrogens with zero attached hydrogens (tertiary/aromatic N) is 3. The van der Waals surface area contributed by atoms with Gasteiger partial charge in [0.2, 0.25) is 5.78 Å². The maximum Gasteiger partial charge on any atom is 0.215 e. The van der Waals surface area contributed by atoms with Crippen LogP contribution in [0.5, 0.6) is 0 Å². The van der Waals surface area contributed by atoms with Crippen molar-refractivity contribution in [3.05, 3.63) is 89.5 Å². The molecule has 0 aliphatic carbocycles. The van der Waals surface area contributed by atoms with Crippen molar-refractivity contribution < 1.29 is 13.6 Å². The molecule has 31 heavy (non-hydrogen) atoms. The van der Waals surface area contributed by atoms with Crippen LogP contribution < -0.4 is 16.0 Å². The molecule has 1 fully saturated rings. The van der Waals surface area contributed by atoms with Crippen molar-refractivity contribution in [1.29, 1.82) is 0 Å². The number of hydrogen-bond donors (Lipinski definition) is 2. The number of nitrogens with one attached hydrogen (secondary N) is 1. The van der Waals surface area contributed by atoms with Crippen LogP contribution in [0.15, 0.2) is 61.3 Å². The third kappa shape index (κ3) is 4.29. The fourth-order valence-corrected chi connectivity index (χ4v) is 3.63. The maximum atomic E-state index is 14.1. The highest BCUT2D eigenvalue weighted by atomic mass is 19.1. The lowest BCUT2D eigenvalue weighted by Gasteiger charge is -2.35. The summed E-state index contributed by atoms with van der Waals surface area (Å²) in [7, 11) is 0.